The molecule has 0 spiro atoms. The first-order chi connectivity index (χ1) is 9.88. The molecular formula is C15H15ClFN3O. The number of hydrogen-bond donors (Lipinski definition) is 1. The van der Waals surface area contributed by atoms with Gasteiger partial charge in [-0.15, -0.1) is 0 Å². The first-order valence-corrected chi connectivity index (χ1v) is 6.70. The van der Waals surface area contributed by atoms with Crippen molar-refractivity contribution in [2.24, 2.45) is 7.05 Å². The number of nitrogens with zero attached hydrogens (tertiary/aromatic N) is 2. The second-order valence-corrected chi connectivity index (χ2v) is 5.07. The fourth-order valence-corrected chi connectivity index (χ4v) is 2.13. The smallest absolute Gasteiger partial charge is 0.248 e. The van der Waals surface area contributed by atoms with Gasteiger partial charge < -0.3 is 5.32 Å². The Bertz CT molecular complexity index is 722. The average Bonchev–Trinajstić information content (AvgIpc) is 2.66. The van der Waals surface area contributed by atoms with Crippen LogP contribution >= 0.6 is 11.6 Å². The van der Waals surface area contributed by atoms with Crippen molar-refractivity contribution in [3.63, 3.8) is 0 Å². The van der Waals surface area contributed by atoms with Crippen LogP contribution in [0.5, 0.6) is 0 Å². The van der Waals surface area contributed by atoms with Crippen molar-refractivity contribution in [2.75, 3.05) is 5.32 Å². The van der Waals surface area contributed by atoms with Gasteiger partial charge in [0, 0.05) is 30.1 Å². The van der Waals surface area contributed by atoms with Crippen molar-refractivity contribution in [1.82, 2.24) is 9.78 Å². The van der Waals surface area contributed by atoms with E-state index in [0.29, 0.717) is 5.69 Å². The minimum absolute atomic E-state index is 0.0317. The Morgan fingerprint density at radius 2 is 2.14 bits per heavy atom. The summed E-state index contributed by atoms with van der Waals surface area (Å²) in [5.74, 6) is -0.841. The van der Waals surface area contributed by atoms with Gasteiger partial charge in [-0.2, -0.15) is 5.10 Å². The lowest BCUT2D eigenvalue weighted by atomic mass is 10.2. The molecule has 0 unspecified atom stereocenters. The van der Waals surface area contributed by atoms with Crippen LogP contribution in [0.15, 0.2) is 24.3 Å². The van der Waals surface area contributed by atoms with Gasteiger partial charge in [-0.1, -0.05) is 11.6 Å². The van der Waals surface area contributed by atoms with Gasteiger partial charge in [-0.05, 0) is 38.1 Å². The summed E-state index contributed by atoms with van der Waals surface area (Å²) in [6, 6.07) is 4.02. The number of carbonyl (C=O) groups excluding carboxylic acids is 1. The molecule has 1 N–H and O–H groups in total. The summed E-state index contributed by atoms with van der Waals surface area (Å²) in [7, 11) is 1.85. The van der Waals surface area contributed by atoms with Crippen LogP contribution in [0.25, 0.3) is 6.08 Å². The molecular weight excluding hydrogens is 293 g/mol. The molecule has 1 aromatic carbocycles. The van der Waals surface area contributed by atoms with Gasteiger partial charge in [0.05, 0.1) is 10.7 Å². The van der Waals surface area contributed by atoms with Crippen LogP contribution < -0.4 is 5.32 Å². The van der Waals surface area contributed by atoms with Gasteiger partial charge in [-0.25, -0.2) is 4.39 Å². The highest BCUT2D eigenvalue weighted by atomic mass is 35.5. The number of benzene rings is 1. The number of aromatic nitrogens is 2. The second kappa shape index (κ2) is 6.10. The number of hydrogen-bond acceptors (Lipinski definition) is 2. The summed E-state index contributed by atoms with van der Waals surface area (Å²) in [5, 5.41) is 6.86. The van der Waals surface area contributed by atoms with Crippen LogP contribution in [0.2, 0.25) is 5.02 Å². The zero-order chi connectivity index (χ0) is 15.6. The van der Waals surface area contributed by atoms with Crippen molar-refractivity contribution in [1.29, 1.82) is 0 Å². The lowest BCUT2D eigenvalue weighted by molar-refractivity contribution is -0.111. The Labute approximate surface area is 127 Å². The van der Waals surface area contributed by atoms with E-state index in [0.717, 1.165) is 17.0 Å². The molecule has 6 heteroatoms. The first-order valence-electron chi connectivity index (χ1n) is 6.33. The van der Waals surface area contributed by atoms with Gasteiger partial charge in [-0.3, -0.25) is 9.48 Å². The molecule has 0 aliphatic heterocycles. The minimum Gasteiger partial charge on any atom is -0.322 e. The van der Waals surface area contributed by atoms with E-state index in [1.165, 1.54) is 24.3 Å². The van der Waals surface area contributed by atoms with Crippen LogP contribution in [0.1, 0.15) is 17.0 Å². The minimum atomic E-state index is -0.521. The van der Waals surface area contributed by atoms with E-state index in [1.807, 2.05) is 20.9 Å². The Kier molecular flexibility index (Phi) is 4.43. The normalized spacial score (nSPS) is 11.1. The second-order valence-electron chi connectivity index (χ2n) is 4.66. The molecule has 0 aliphatic rings. The van der Waals surface area contributed by atoms with Crippen molar-refractivity contribution in [2.45, 2.75) is 13.8 Å². The number of nitrogens with one attached hydrogen (secondary N) is 1. The van der Waals surface area contributed by atoms with E-state index in [2.05, 4.69) is 10.4 Å². The molecule has 2 rings (SSSR count). The fourth-order valence-electron chi connectivity index (χ4n) is 1.95. The molecule has 0 bridgehead atoms. The average molecular weight is 308 g/mol. The Morgan fingerprint density at radius 1 is 1.43 bits per heavy atom. The van der Waals surface area contributed by atoms with Crippen LogP contribution in [0, 0.1) is 19.7 Å². The van der Waals surface area contributed by atoms with E-state index < -0.39 is 5.82 Å². The predicted octanol–water partition coefficient (Wildman–Crippen LogP) is 3.48. The molecule has 0 saturated carbocycles. The maximum absolute atomic E-state index is 13.0. The van der Waals surface area contributed by atoms with E-state index in [1.54, 1.807) is 10.8 Å². The van der Waals surface area contributed by atoms with Gasteiger partial charge in [0.1, 0.15) is 5.82 Å². The van der Waals surface area contributed by atoms with Gasteiger partial charge in [0.25, 0.3) is 0 Å². The summed E-state index contributed by atoms with van der Waals surface area (Å²) in [6.45, 7) is 3.81. The largest absolute Gasteiger partial charge is 0.322 e. The zero-order valence-corrected chi connectivity index (χ0v) is 12.7. The monoisotopic (exact) mass is 307 g/mol. The molecule has 1 aromatic heterocycles. The van der Waals surface area contributed by atoms with Gasteiger partial charge >= 0.3 is 0 Å². The standard InChI is InChI=1S/C15H15ClFN3O/c1-9-12(10(2)20(3)19-9)5-7-15(21)18-11-4-6-14(17)13(16)8-11/h4-8H,1-3H3,(H,18,21)/b7-5+. The molecule has 1 heterocycles. The summed E-state index contributed by atoms with van der Waals surface area (Å²) in [6.07, 6.45) is 3.12. The summed E-state index contributed by atoms with van der Waals surface area (Å²) in [4.78, 5) is 11.8. The number of rotatable bonds is 3. The van der Waals surface area contributed by atoms with Crippen LogP contribution in [0.3, 0.4) is 0 Å². The van der Waals surface area contributed by atoms with E-state index in [-0.39, 0.29) is 10.9 Å². The highest BCUT2D eigenvalue weighted by Crippen LogP contribution is 2.19. The summed E-state index contributed by atoms with van der Waals surface area (Å²) >= 11 is 5.66. The molecule has 21 heavy (non-hydrogen) atoms. The number of amides is 1. The highest BCUT2D eigenvalue weighted by molar-refractivity contribution is 6.31. The Morgan fingerprint density at radius 3 is 2.71 bits per heavy atom. The van der Waals surface area contributed by atoms with Crippen LogP contribution in [-0.4, -0.2) is 15.7 Å². The van der Waals surface area contributed by atoms with Crippen LogP contribution in [-0.2, 0) is 11.8 Å². The van der Waals surface area contributed by atoms with E-state index >= 15 is 0 Å². The predicted molar refractivity (Wildman–Crippen MR) is 81.8 cm³/mol. The third kappa shape index (κ3) is 3.49. The summed E-state index contributed by atoms with van der Waals surface area (Å²) < 4.78 is 14.8. The number of carbonyl (C=O) groups is 1. The van der Waals surface area contributed by atoms with Gasteiger partial charge in [0.2, 0.25) is 5.91 Å². The van der Waals surface area contributed by atoms with E-state index in [9.17, 15) is 9.18 Å². The highest BCUT2D eigenvalue weighted by Gasteiger charge is 2.07. The molecule has 4 nitrogen and oxygen atoms in total. The first kappa shape index (κ1) is 15.3. The number of halogens is 2. The third-order valence-electron chi connectivity index (χ3n) is 3.15. The maximum atomic E-state index is 13.0. The number of aryl methyl sites for hydroxylation is 2. The SMILES string of the molecule is Cc1nn(C)c(C)c1/C=C/C(=O)Nc1ccc(F)c(Cl)c1. The topological polar surface area (TPSA) is 46.9 Å². The molecule has 0 aliphatic carbocycles. The lowest BCUT2D eigenvalue weighted by Gasteiger charge is -2.03. The maximum Gasteiger partial charge on any atom is 0.248 e. The van der Waals surface area contributed by atoms with Crippen molar-refractivity contribution < 1.29 is 9.18 Å². The molecule has 0 atom stereocenters. The zero-order valence-electron chi connectivity index (χ0n) is 11.9. The molecule has 1 amide bonds. The molecule has 2 aromatic rings. The molecule has 0 saturated heterocycles. The summed E-state index contributed by atoms with van der Waals surface area (Å²) in [5.41, 5.74) is 3.17. The quantitative estimate of drug-likeness (QED) is 0.882. The molecule has 0 radical (unpaired) electrons. The van der Waals surface area contributed by atoms with E-state index in [4.69, 9.17) is 11.6 Å². The van der Waals surface area contributed by atoms with Crippen molar-refractivity contribution in [3.05, 3.63) is 52.1 Å². The lowest BCUT2D eigenvalue weighted by Crippen LogP contribution is -2.07. The van der Waals surface area contributed by atoms with Crippen molar-refractivity contribution >= 4 is 29.3 Å². The van der Waals surface area contributed by atoms with Crippen LogP contribution in [0.4, 0.5) is 10.1 Å². The third-order valence-corrected chi connectivity index (χ3v) is 3.44. The Hall–Kier alpha value is -2.14. The number of anilines is 1. The van der Waals surface area contributed by atoms with Crippen molar-refractivity contribution in [3.8, 4) is 0 Å². The fraction of sp³-hybridized carbons (Fsp3) is 0.200. The molecule has 0 fully saturated rings. The Balaban J connectivity index is 2.11. The molecule has 110 valence electrons. The van der Waals surface area contributed by atoms with Gasteiger partial charge in [0.15, 0.2) is 0 Å².